The Labute approximate surface area is 160 Å². The molecule has 0 aromatic heterocycles. The lowest BCUT2D eigenvalue weighted by molar-refractivity contribution is -0.136. The van der Waals surface area contributed by atoms with Crippen LogP contribution in [0.1, 0.15) is 12.0 Å². The van der Waals surface area contributed by atoms with Crippen molar-refractivity contribution >= 4 is 44.7 Å². The quantitative estimate of drug-likeness (QED) is 0.696. The molecule has 1 aromatic carbocycles. The molecule has 10 heteroatoms. The molecule has 2 aliphatic rings. The van der Waals surface area contributed by atoms with Gasteiger partial charge < -0.3 is 4.90 Å². The number of sulfone groups is 1. The van der Waals surface area contributed by atoms with E-state index in [4.69, 9.17) is 0 Å². The second kappa shape index (κ2) is 7.43. The standard InChI is InChI=1S/C17H17FN2O5S2/c1-19(13-5-6-27(24,25)10-13)15(21)9-20-16(22)14(26-17(20)23)8-11-3-2-4-12(18)7-11/h2-4,7-8,13H,5-6,9-10H2,1H3/b14-8-/t13-/m0/s1. The van der Waals surface area contributed by atoms with Crippen LogP contribution in [-0.2, 0) is 19.4 Å². The number of imide groups is 1. The number of carbonyl (C=O) groups is 3. The summed E-state index contributed by atoms with van der Waals surface area (Å²) >= 11 is 0.678. The molecule has 0 radical (unpaired) electrons. The zero-order valence-electron chi connectivity index (χ0n) is 14.4. The van der Waals surface area contributed by atoms with E-state index in [-0.39, 0.29) is 16.4 Å². The third-order valence-electron chi connectivity index (χ3n) is 4.46. The number of nitrogens with zero attached hydrogens (tertiary/aromatic N) is 2. The maximum absolute atomic E-state index is 13.3. The molecule has 3 rings (SSSR count). The van der Waals surface area contributed by atoms with E-state index in [0.717, 1.165) is 4.90 Å². The van der Waals surface area contributed by atoms with E-state index in [0.29, 0.717) is 23.7 Å². The highest BCUT2D eigenvalue weighted by Gasteiger charge is 2.39. The normalized spacial score (nSPS) is 23.3. The number of hydrogen-bond acceptors (Lipinski definition) is 6. The van der Waals surface area contributed by atoms with Gasteiger partial charge >= 0.3 is 0 Å². The van der Waals surface area contributed by atoms with Crippen molar-refractivity contribution in [3.05, 3.63) is 40.6 Å². The van der Waals surface area contributed by atoms with Gasteiger partial charge in [-0.2, -0.15) is 0 Å². The first-order valence-electron chi connectivity index (χ1n) is 8.13. The highest BCUT2D eigenvalue weighted by Crippen LogP contribution is 2.32. The van der Waals surface area contributed by atoms with E-state index in [2.05, 4.69) is 0 Å². The topological polar surface area (TPSA) is 91.8 Å². The van der Waals surface area contributed by atoms with E-state index in [1.54, 1.807) is 6.07 Å². The molecule has 27 heavy (non-hydrogen) atoms. The van der Waals surface area contributed by atoms with Gasteiger partial charge in [0.25, 0.3) is 11.1 Å². The molecule has 144 valence electrons. The van der Waals surface area contributed by atoms with E-state index >= 15 is 0 Å². The van der Waals surface area contributed by atoms with Crippen molar-refractivity contribution in [3.63, 3.8) is 0 Å². The number of amides is 3. The molecule has 0 spiro atoms. The van der Waals surface area contributed by atoms with Crippen LogP contribution in [0.2, 0.25) is 0 Å². The zero-order chi connectivity index (χ0) is 19.8. The second-order valence-electron chi connectivity index (χ2n) is 6.38. The van der Waals surface area contributed by atoms with Gasteiger partial charge in [-0.15, -0.1) is 0 Å². The number of hydrogen-bond donors (Lipinski definition) is 0. The van der Waals surface area contributed by atoms with Crippen molar-refractivity contribution < 1.29 is 27.2 Å². The molecule has 7 nitrogen and oxygen atoms in total. The first kappa shape index (κ1) is 19.6. The molecule has 0 N–H and O–H groups in total. The predicted molar refractivity (Wildman–Crippen MR) is 98.9 cm³/mol. The molecule has 0 saturated carbocycles. The van der Waals surface area contributed by atoms with Crippen LogP contribution >= 0.6 is 11.8 Å². The summed E-state index contributed by atoms with van der Waals surface area (Å²) in [5.41, 5.74) is 0.431. The molecule has 0 unspecified atom stereocenters. The Morgan fingerprint density at radius 2 is 2.15 bits per heavy atom. The molecule has 2 fully saturated rings. The molecule has 2 saturated heterocycles. The fraction of sp³-hybridized carbons (Fsp3) is 0.353. The van der Waals surface area contributed by atoms with E-state index in [1.807, 2.05) is 0 Å². The highest BCUT2D eigenvalue weighted by atomic mass is 32.2. The Hall–Kier alpha value is -2.20. The van der Waals surface area contributed by atoms with Crippen LogP contribution < -0.4 is 0 Å². The summed E-state index contributed by atoms with van der Waals surface area (Å²) in [4.78, 5) is 39.2. The molecule has 2 aliphatic heterocycles. The smallest absolute Gasteiger partial charge is 0.294 e. The van der Waals surface area contributed by atoms with Gasteiger partial charge in [-0.25, -0.2) is 12.8 Å². The minimum atomic E-state index is -3.15. The molecule has 1 aromatic rings. The Bertz CT molecular complexity index is 944. The third kappa shape index (κ3) is 4.38. The van der Waals surface area contributed by atoms with Crippen molar-refractivity contribution in [2.75, 3.05) is 25.1 Å². The summed E-state index contributed by atoms with van der Waals surface area (Å²) in [6, 6.07) is 5.12. The lowest BCUT2D eigenvalue weighted by Gasteiger charge is -2.25. The van der Waals surface area contributed by atoms with Crippen LogP contribution in [0.15, 0.2) is 29.2 Å². The number of halogens is 1. The molecule has 2 heterocycles. The van der Waals surface area contributed by atoms with Crippen LogP contribution in [-0.4, -0.2) is 66.4 Å². The maximum Gasteiger partial charge on any atom is 0.294 e. The van der Waals surface area contributed by atoms with Gasteiger partial charge in [-0.05, 0) is 42.0 Å². The lowest BCUT2D eigenvalue weighted by atomic mass is 10.2. The lowest BCUT2D eigenvalue weighted by Crippen LogP contribution is -2.45. The summed E-state index contributed by atoms with van der Waals surface area (Å²) in [6.07, 6.45) is 1.73. The average molecular weight is 412 g/mol. The summed E-state index contributed by atoms with van der Waals surface area (Å²) < 4.78 is 36.4. The zero-order valence-corrected chi connectivity index (χ0v) is 16.1. The van der Waals surface area contributed by atoms with Crippen molar-refractivity contribution in [2.24, 2.45) is 0 Å². The summed E-state index contributed by atoms with van der Waals surface area (Å²) in [7, 11) is -1.69. The molecule has 1 atom stereocenters. The van der Waals surface area contributed by atoms with Crippen LogP contribution in [0, 0.1) is 5.82 Å². The Balaban J connectivity index is 1.69. The number of rotatable bonds is 4. The van der Waals surface area contributed by atoms with Crippen molar-refractivity contribution in [1.82, 2.24) is 9.80 Å². The van der Waals surface area contributed by atoms with E-state index in [1.165, 1.54) is 36.2 Å². The fourth-order valence-electron chi connectivity index (χ4n) is 2.92. The van der Waals surface area contributed by atoms with Crippen molar-refractivity contribution in [1.29, 1.82) is 0 Å². The largest absolute Gasteiger partial charge is 0.340 e. The Morgan fingerprint density at radius 3 is 2.78 bits per heavy atom. The summed E-state index contributed by atoms with van der Waals surface area (Å²) in [6.45, 7) is -0.460. The van der Waals surface area contributed by atoms with Gasteiger partial charge in [0.1, 0.15) is 12.4 Å². The Kier molecular flexibility index (Phi) is 5.38. The van der Waals surface area contributed by atoms with Crippen molar-refractivity contribution in [3.8, 4) is 0 Å². The molecular weight excluding hydrogens is 395 g/mol. The van der Waals surface area contributed by atoms with Crippen molar-refractivity contribution in [2.45, 2.75) is 12.5 Å². The minimum Gasteiger partial charge on any atom is -0.340 e. The fourth-order valence-corrected chi connectivity index (χ4v) is 5.53. The van der Waals surface area contributed by atoms with E-state index < -0.39 is 45.3 Å². The number of likely N-dealkylation sites (N-methyl/N-ethyl adjacent to an activating group) is 1. The molecular formula is C17H17FN2O5S2. The van der Waals surface area contributed by atoms with Gasteiger partial charge in [0.05, 0.1) is 16.4 Å². The predicted octanol–water partition coefficient (Wildman–Crippen LogP) is 1.51. The molecule has 0 bridgehead atoms. The maximum atomic E-state index is 13.3. The molecule has 0 aliphatic carbocycles. The number of carbonyl (C=O) groups excluding carboxylic acids is 3. The first-order valence-corrected chi connectivity index (χ1v) is 10.8. The van der Waals surface area contributed by atoms with Gasteiger partial charge in [-0.1, -0.05) is 12.1 Å². The van der Waals surface area contributed by atoms with Crippen LogP contribution in [0.4, 0.5) is 9.18 Å². The SMILES string of the molecule is CN(C(=O)CN1C(=O)S/C(=C\c2cccc(F)c2)C1=O)[C@H]1CCS(=O)(=O)C1. The highest BCUT2D eigenvalue weighted by molar-refractivity contribution is 8.18. The summed E-state index contributed by atoms with van der Waals surface area (Å²) in [5, 5.41) is -0.594. The van der Waals surface area contributed by atoms with Gasteiger partial charge in [0, 0.05) is 13.1 Å². The number of benzene rings is 1. The van der Waals surface area contributed by atoms with Gasteiger partial charge in [-0.3, -0.25) is 19.3 Å². The average Bonchev–Trinajstić information content (AvgIpc) is 3.08. The van der Waals surface area contributed by atoms with Gasteiger partial charge in [0.15, 0.2) is 9.84 Å². The van der Waals surface area contributed by atoms with Crippen LogP contribution in [0.5, 0.6) is 0 Å². The van der Waals surface area contributed by atoms with Crippen LogP contribution in [0.3, 0.4) is 0 Å². The monoisotopic (exact) mass is 412 g/mol. The molecule has 3 amide bonds. The number of thioether (sulfide) groups is 1. The minimum absolute atomic E-state index is 0.0211. The third-order valence-corrected chi connectivity index (χ3v) is 7.12. The first-order chi connectivity index (χ1) is 12.7. The van der Waals surface area contributed by atoms with Gasteiger partial charge in [0.2, 0.25) is 5.91 Å². The Morgan fingerprint density at radius 1 is 1.41 bits per heavy atom. The second-order valence-corrected chi connectivity index (χ2v) is 9.61. The summed E-state index contributed by atoms with van der Waals surface area (Å²) in [5.74, 6) is -1.70. The van der Waals surface area contributed by atoms with E-state index in [9.17, 15) is 27.2 Å². The van der Waals surface area contributed by atoms with Crippen LogP contribution in [0.25, 0.3) is 6.08 Å².